The van der Waals surface area contributed by atoms with E-state index in [1.165, 1.54) is 5.56 Å². The van der Waals surface area contributed by atoms with E-state index < -0.39 is 0 Å². The maximum atomic E-state index is 5.54. The summed E-state index contributed by atoms with van der Waals surface area (Å²) >= 11 is 3.38. The van der Waals surface area contributed by atoms with Crippen molar-refractivity contribution in [1.82, 2.24) is 9.88 Å². The Balaban J connectivity index is 1.89. The van der Waals surface area contributed by atoms with Crippen molar-refractivity contribution in [3.63, 3.8) is 0 Å². The summed E-state index contributed by atoms with van der Waals surface area (Å²) in [6.45, 7) is 2.39. The van der Waals surface area contributed by atoms with Gasteiger partial charge < -0.3 is 5.73 Å². The van der Waals surface area contributed by atoms with E-state index in [9.17, 15) is 0 Å². The first-order chi connectivity index (χ1) is 7.78. The van der Waals surface area contributed by atoms with Crippen LogP contribution >= 0.6 is 22.7 Å². The molecule has 2 rings (SSSR count). The molecule has 0 aliphatic carbocycles. The van der Waals surface area contributed by atoms with E-state index in [1.54, 1.807) is 22.7 Å². The summed E-state index contributed by atoms with van der Waals surface area (Å²) in [6, 6.07) is 2.16. The second-order valence-corrected chi connectivity index (χ2v) is 5.46. The molecule has 2 N–H and O–H groups in total. The second kappa shape index (κ2) is 5.54. The molecule has 0 spiro atoms. The number of hydrogen-bond acceptors (Lipinski definition) is 5. The van der Waals surface area contributed by atoms with Gasteiger partial charge in [0.05, 0.1) is 5.69 Å². The van der Waals surface area contributed by atoms with Gasteiger partial charge in [0.25, 0.3) is 0 Å². The predicted octanol–water partition coefficient (Wildman–Crippen LogP) is 2.30. The largest absolute Gasteiger partial charge is 0.325 e. The van der Waals surface area contributed by atoms with E-state index in [2.05, 4.69) is 39.1 Å². The summed E-state index contributed by atoms with van der Waals surface area (Å²) in [5.74, 6) is 0. The van der Waals surface area contributed by atoms with Crippen molar-refractivity contribution in [2.75, 3.05) is 7.05 Å². The Kier molecular flexibility index (Phi) is 4.06. The monoisotopic (exact) mass is 253 g/mol. The molecule has 5 heteroatoms. The van der Waals surface area contributed by atoms with Crippen molar-refractivity contribution < 1.29 is 0 Å². The maximum Gasteiger partial charge on any atom is 0.106 e. The zero-order chi connectivity index (χ0) is 11.4. The number of rotatable bonds is 5. The molecule has 0 saturated carbocycles. The van der Waals surface area contributed by atoms with Crippen LogP contribution in [0.4, 0.5) is 0 Å². The van der Waals surface area contributed by atoms with Gasteiger partial charge in [-0.3, -0.25) is 4.90 Å². The third-order valence-electron chi connectivity index (χ3n) is 2.24. The summed E-state index contributed by atoms with van der Waals surface area (Å²) in [7, 11) is 2.11. The van der Waals surface area contributed by atoms with Crippen molar-refractivity contribution in [2.45, 2.75) is 19.6 Å². The smallest absolute Gasteiger partial charge is 0.106 e. The molecule has 0 fully saturated rings. The van der Waals surface area contributed by atoms with E-state index in [-0.39, 0.29) is 0 Å². The minimum atomic E-state index is 0.541. The molecule has 2 heterocycles. The molecule has 0 unspecified atom stereocenters. The van der Waals surface area contributed by atoms with Crippen LogP contribution in [0.2, 0.25) is 0 Å². The van der Waals surface area contributed by atoms with E-state index in [0.29, 0.717) is 6.54 Å². The van der Waals surface area contributed by atoms with Crippen LogP contribution in [0.15, 0.2) is 22.2 Å². The Morgan fingerprint density at radius 2 is 2.25 bits per heavy atom. The highest BCUT2D eigenvalue weighted by molar-refractivity contribution is 7.09. The van der Waals surface area contributed by atoms with Crippen molar-refractivity contribution in [3.05, 3.63) is 38.5 Å². The minimum Gasteiger partial charge on any atom is -0.325 e. The highest BCUT2D eigenvalue weighted by atomic mass is 32.1. The summed E-state index contributed by atoms with van der Waals surface area (Å²) in [5, 5.41) is 7.40. The van der Waals surface area contributed by atoms with Gasteiger partial charge in [0, 0.05) is 25.0 Å². The second-order valence-electron chi connectivity index (χ2n) is 3.74. The standard InChI is InChI=1S/C11H15N3S2/c1-14(5-9-2-3-15-7-9)6-10-8-16-11(4-12)13-10/h2-3,7-8H,4-6,12H2,1H3. The molecule has 0 radical (unpaired) electrons. The Morgan fingerprint density at radius 3 is 2.88 bits per heavy atom. The summed E-state index contributed by atoms with van der Waals surface area (Å²) in [5.41, 5.74) is 8.02. The fourth-order valence-electron chi connectivity index (χ4n) is 1.54. The molecule has 0 saturated heterocycles. The van der Waals surface area contributed by atoms with Crippen molar-refractivity contribution in [1.29, 1.82) is 0 Å². The first-order valence-electron chi connectivity index (χ1n) is 5.11. The molecule has 0 bridgehead atoms. The van der Waals surface area contributed by atoms with Crippen LogP contribution < -0.4 is 5.73 Å². The molecule has 0 aliphatic heterocycles. The summed E-state index contributed by atoms with van der Waals surface area (Å²) < 4.78 is 0. The van der Waals surface area contributed by atoms with Gasteiger partial charge in [-0.1, -0.05) is 0 Å². The van der Waals surface area contributed by atoms with Crippen LogP contribution in [0, 0.1) is 0 Å². The Labute approximate surface area is 104 Å². The van der Waals surface area contributed by atoms with Crippen molar-refractivity contribution in [2.24, 2.45) is 5.73 Å². The maximum absolute atomic E-state index is 5.54. The Hall–Kier alpha value is -0.750. The van der Waals surface area contributed by atoms with Crippen molar-refractivity contribution >= 4 is 22.7 Å². The molecule has 2 aromatic heterocycles. The number of nitrogens with zero attached hydrogens (tertiary/aromatic N) is 2. The fraction of sp³-hybridized carbons (Fsp3) is 0.364. The van der Waals surface area contributed by atoms with Gasteiger partial charge in [-0.15, -0.1) is 11.3 Å². The van der Waals surface area contributed by atoms with Crippen LogP contribution in [0.3, 0.4) is 0 Å². The SMILES string of the molecule is CN(Cc1ccsc1)Cc1csc(CN)n1. The van der Waals surface area contributed by atoms with Gasteiger partial charge >= 0.3 is 0 Å². The lowest BCUT2D eigenvalue weighted by Gasteiger charge is -2.13. The molecular weight excluding hydrogens is 238 g/mol. The highest BCUT2D eigenvalue weighted by Gasteiger charge is 2.05. The van der Waals surface area contributed by atoms with Crippen LogP contribution in [0.25, 0.3) is 0 Å². The molecular formula is C11H15N3S2. The normalized spacial score (nSPS) is 11.2. The number of hydrogen-bond donors (Lipinski definition) is 1. The zero-order valence-corrected chi connectivity index (χ0v) is 10.9. The lowest BCUT2D eigenvalue weighted by molar-refractivity contribution is 0.316. The zero-order valence-electron chi connectivity index (χ0n) is 9.22. The molecule has 0 aromatic carbocycles. The van der Waals surface area contributed by atoms with Crippen LogP contribution in [0.5, 0.6) is 0 Å². The molecule has 0 aliphatic rings. The van der Waals surface area contributed by atoms with Gasteiger partial charge in [-0.05, 0) is 29.4 Å². The minimum absolute atomic E-state index is 0.541. The Morgan fingerprint density at radius 1 is 1.38 bits per heavy atom. The molecule has 2 aromatic rings. The first-order valence-corrected chi connectivity index (χ1v) is 6.93. The number of thiazole rings is 1. The van der Waals surface area contributed by atoms with Gasteiger partial charge in [0.1, 0.15) is 5.01 Å². The fourth-order valence-corrected chi connectivity index (χ4v) is 2.87. The van der Waals surface area contributed by atoms with E-state index >= 15 is 0 Å². The van der Waals surface area contributed by atoms with Crippen LogP contribution in [-0.4, -0.2) is 16.9 Å². The van der Waals surface area contributed by atoms with Gasteiger partial charge in [-0.2, -0.15) is 11.3 Å². The van der Waals surface area contributed by atoms with E-state index in [4.69, 9.17) is 5.73 Å². The average Bonchev–Trinajstić information content (AvgIpc) is 2.89. The third kappa shape index (κ3) is 3.12. The van der Waals surface area contributed by atoms with Gasteiger partial charge in [0.15, 0.2) is 0 Å². The van der Waals surface area contributed by atoms with Crippen LogP contribution in [0.1, 0.15) is 16.3 Å². The Bertz CT molecular complexity index is 422. The highest BCUT2D eigenvalue weighted by Crippen LogP contribution is 2.13. The van der Waals surface area contributed by atoms with E-state index in [1.807, 2.05) is 0 Å². The van der Waals surface area contributed by atoms with Gasteiger partial charge in [-0.25, -0.2) is 4.98 Å². The molecule has 86 valence electrons. The quantitative estimate of drug-likeness (QED) is 0.889. The number of nitrogens with two attached hydrogens (primary N) is 1. The summed E-state index contributed by atoms with van der Waals surface area (Å²) in [6.07, 6.45) is 0. The van der Waals surface area contributed by atoms with Gasteiger partial charge in [0.2, 0.25) is 0 Å². The molecule has 16 heavy (non-hydrogen) atoms. The third-order valence-corrected chi connectivity index (χ3v) is 3.89. The molecule has 3 nitrogen and oxygen atoms in total. The first kappa shape index (κ1) is 11.7. The predicted molar refractivity (Wildman–Crippen MR) is 69.5 cm³/mol. The van der Waals surface area contributed by atoms with Crippen LogP contribution in [-0.2, 0) is 19.6 Å². The number of thiophene rings is 1. The lowest BCUT2D eigenvalue weighted by atomic mass is 10.3. The molecule has 0 amide bonds. The number of aromatic nitrogens is 1. The lowest BCUT2D eigenvalue weighted by Crippen LogP contribution is -2.17. The topological polar surface area (TPSA) is 42.1 Å². The van der Waals surface area contributed by atoms with Crippen molar-refractivity contribution in [3.8, 4) is 0 Å². The van der Waals surface area contributed by atoms with E-state index in [0.717, 1.165) is 23.8 Å². The average molecular weight is 253 g/mol. The summed E-state index contributed by atoms with van der Waals surface area (Å²) in [4.78, 5) is 6.71. The molecule has 0 atom stereocenters.